The summed E-state index contributed by atoms with van der Waals surface area (Å²) in [5, 5.41) is 3.16. The van der Waals surface area contributed by atoms with E-state index in [2.05, 4.69) is 24.2 Å². The van der Waals surface area contributed by atoms with Gasteiger partial charge in [-0.2, -0.15) is 0 Å². The van der Waals surface area contributed by atoms with E-state index in [4.69, 9.17) is 0 Å². The van der Waals surface area contributed by atoms with E-state index < -0.39 is 0 Å². The molecule has 0 amide bonds. The van der Waals surface area contributed by atoms with Crippen LogP contribution in [-0.2, 0) is 0 Å². The first-order valence-electron chi connectivity index (χ1n) is 4.57. The molecule has 1 N–H and O–H groups in total. The van der Waals surface area contributed by atoms with E-state index in [0.717, 1.165) is 18.4 Å². The summed E-state index contributed by atoms with van der Waals surface area (Å²) < 4.78 is 0. The Morgan fingerprint density at radius 2 is 2.18 bits per heavy atom. The van der Waals surface area contributed by atoms with Gasteiger partial charge in [0, 0.05) is 19.6 Å². The lowest BCUT2D eigenvalue weighted by Crippen LogP contribution is -2.29. The highest BCUT2D eigenvalue weighted by molar-refractivity contribution is 4.84. The van der Waals surface area contributed by atoms with E-state index in [-0.39, 0.29) is 0 Å². The first kappa shape index (κ1) is 9.01. The lowest BCUT2D eigenvalue weighted by atomic mass is 10.3. The Hall–Kier alpha value is -0.0800. The number of hydrogen-bond acceptors (Lipinski definition) is 2. The van der Waals surface area contributed by atoms with Gasteiger partial charge >= 0.3 is 0 Å². The lowest BCUT2D eigenvalue weighted by molar-refractivity contribution is 0.316. The Morgan fingerprint density at radius 3 is 2.64 bits per heavy atom. The Morgan fingerprint density at radius 1 is 1.55 bits per heavy atom. The SMILES string of the molecule is CNCCN(C)CC1CC1C. The van der Waals surface area contributed by atoms with Crippen molar-refractivity contribution in [2.24, 2.45) is 11.8 Å². The summed E-state index contributed by atoms with van der Waals surface area (Å²) in [5.74, 6) is 1.99. The standard InChI is InChI=1S/C9H20N2/c1-8-6-9(8)7-11(3)5-4-10-2/h8-10H,4-7H2,1-3H3. The van der Waals surface area contributed by atoms with Crippen molar-refractivity contribution in [2.45, 2.75) is 13.3 Å². The zero-order chi connectivity index (χ0) is 8.27. The summed E-state index contributed by atoms with van der Waals surface area (Å²) in [5.41, 5.74) is 0. The first-order chi connectivity index (χ1) is 5.24. The predicted molar refractivity (Wildman–Crippen MR) is 48.7 cm³/mol. The summed E-state index contributed by atoms with van der Waals surface area (Å²) in [6.07, 6.45) is 1.45. The van der Waals surface area contributed by atoms with Crippen molar-refractivity contribution < 1.29 is 0 Å². The van der Waals surface area contributed by atoms with Crippen LogP contribution in [0, 0.1) is 11.8 Å². The summed E-state index contributed by atoms with van der Waals surface area (Å²) in [6.45, 7) is 5.93. The maximum absolute atomic E-state index is 3.16. The molecular formula is C9H20N2. The van der Waals surface area contributed by atoms with Crippen molar-refractivity contribution in [3.05, 3.63) is 0 Å². The molecule has 0 aromatic carbocycles. The second-order valence-electron chi connectivity index (χ2n) is 3.84. The highest BCUT2D eigenvalue weighted by Crippen LogP contribution is 2.37. The first-order valence-corrected chi connectivity index (χ1v) is 4.57. The average molecular weight is 156 g/mol. The molecule has 0 spiro atoms. The normalized spacial score (nSPS) is 29.5. The van der Waals surface area contributed by atoms with Crippen LogP contribution in [-0.4, -0.2) is 38.6 Å². The molecule has 1 aliphatic rings. The third-order valence-electron chi connectivity index (χ3n) is 2.57. The highest BCUT2D eigenvalue weighted by Gasteiger charge is 2.32. The van der Waals surface area contributed by atoms with Gasteiger partial charge in [-0.05, 0) is 32.4 Å². The molecule has 2 unspecified atom stereocenters. The van der Waals surface area contributed by atoms with Crippen LogP contribution in [0.15, 0.2) is 0 Å². The van der Waals surface area contributed by atoms with Crippen molar-refractivity contribution in [1.29, 1.82) is 0 Å². The quantitative estimate of drug-likeness (QED) is 0.633. The molecule has 66 valence electrons. The lowest BCUT2D eigenvalue weighted by Gasteiger charge is -2.15. The van der Waals surface area contributed by atoms with Gasteiger partial charge in [-0.25, -0.2) is 0 Å². The summed E-state index contributed by atoms with van der Waals surface area (Å²) >= 11 is 0. The molecule has 1 aliphatic carbocycles. The zero-order valence-electron chi connectivity index (χ0n) is 7.93. The monoisotopic (exact) mass is 156 g/mol. The fourth-order valence-electron chi connectivity index (χ4n) is 1.45. The molecule has 11 heavy (non-hydrogen) atoms. The third kappa shape index (κ3) is 3.21. The second kappa shape index (κ2) is 4.07. The molecule has 0 aromatic heterocycles. The van der Waals surface area contributed by atoms with Crippen LogP contribution in [0.3, 0.4) is 0 Å². The average Bonchev–Trinajstić information content (AvgIpc) is 2.62. The number of hydrogen-bond donors (Lipinski definition) is 1. The predicted octanol–water partition coefficient (Wildman–Crippen LogP) is 0.794. The maximum atomic E-state index is 3.16. The Kier molecular flexibility index (Phi) is 3.34. The van der Waals surface area contributed by atoms with Crippen LogP contribution >= 0.6 is 0 Å². The fraction of sp³-hybridized carbons (Fsp3) is 1.00. The molecule has 0 bridgehead atoms. The van der Waals surface area contributed by atoms with Gasteiger partial charge in [0.1, 0.15) is 0 Å². The van der Waals surface area contributed by atoms with E-state index in [0.29, 0.717) is 0 Å². The van der Waals surface area contributed by atoms with Crippen LogP contribution in [0.5, 0.6) is 0 Å². The number of rotatable bonds is 5. The second-order valence-corrected chi connectivity index (χ2v) is 3.84. The molecule has 0 heterocycles. The Balaban J connectivity index is 1.97. The van der Waals surface area contributed by atoms with E-state index in [1.54, 1.807) is 0 Å². The van der Waals surface area contributed by atoms with Crippen LogP contribution in [0.25, 0.3) is 0 Å². The minimum absolute atomic E-state index is 0.993. The minimum Gasteiger partial charge on any atom is -0.318 e. The molecule has 0 aliphatic heterocycles. The van der Waals surface area contributed by atoms with E-state index in [9.17, 15) is 0 Å². The van der Waals surface area contributed by atoms with Crippen LogP contribution in [0.4, 0.5) is 0 Å². The molecule has 1 rings (SSSR count). The molecular weight excluding hydrogens is 136 g/mol. The van der Waals surface area contributed by atoms with Gasteiger partial charge < -0.3 is 10.2 Å². The van der Waals surface area contributed by atoms with Crippen LogP contribution in [0.1, 0.15) is 13.3 Å². The summed E-state index contributed by atoms with van der Waals surface area (Å²) in [6, 6.07) is 0. The van der Waals surface area contributed by atoms with Gasteiger partial charge in [0.2, 0.25) is 0 Å². The van der Waals surface area contributed by atoms with E-state index >= 15 is 0 Å². The van der Waals surface area contributed by atoms with Crippen molar-refractivity contribution in [1.82, 2.24) is 10.2 Å². The minimum atomic E-state index is 0.993. The Bertz CT molecular complexity index is 114. The number of nitrogens with zero attached hydrogens (tertiary/aromatic N) is 1. The molecule has 0 aromatic rings. The topological polar surface area (TPSA) is 15.3 Å². The molecule has 2 nitrogen and oxygen atoms in total. The fourth-order valence-corrected chi connectivity index (χ4v) is 1.45. The highest BCUT2D eigenvalue weighted by atomic mass is 15.1. The molecule has 1 saturated carbocycles. The molecule has 2 heteroatoms. The summed E-state index contributed by atoms with van der Waals surface area (Å²) in [4.78, 5) is 2.42. The van der Waals surface area contributed by atoms with Gasteiger partial charge in [-0.1, -0.05) is 6.92 Å². The van der Waals surface area contributed by atoms with Gasteiger partial charge in [0.15, 0.2) is 0 Å². The third-order valence-corrected chi connectivity index (χ3v) is 2.57. The summed E-state index contributed by atoms with van der Waals surface area (Å²) in [7, 11) is 4.22. The van der Waals surface area contributed by atoms with Crippen molar-refractivity contribution >= 4 is 0 Å². The molecule has 1 fully saturated rings. The number of nitrogens with one attached hydrogen (secondary N) is 1. The smallest absolute Gasteiger partial charge is 0.0104 e. The van der Waals surface area contributed by atoms with Gasteiger partial charge in [-0.15, -0.1) is 0 Å². The van der Waals surface area contributed by atoms with Crippen LogP contribution in [0.2, 0.25) is 0 Å². The van der Waals surface area contributed by atoms with Crippen molar-refractivity contribution in [3.63, 3.8) is 0 Å². The van der Waals surface area contributed by atoms with E-state index in [1.807, 2.05) is 7.05 Å². The maximum Gasteiger partial charge on any atom is 0.0104 e. The van der Waals surface area contributed by atoms with Gasteiger partial charge in [0.25, 0.3) is 0 Å². The van der Waals surface area contributed by atoms with Gasteiger partial charge in [0.05, 0.1) is 0 Å². The Labute approximate surface area is 70.0 Å². The van der Waals surface area contributed by atoms with Crippen molar-refractivity contribution in [2.75, 3.05) is 33.7 Å². The zero-order valence-corrected chi connectivity index (χ0v) is 7.93. The molecule has 0 saturated heterocycles. The van der Waals surface area contributed by atoms with Crippen molar-refractivity contribution in [3.8, 4) is 0 Å². The molecule has 0 radical (unpaired) electrons. The van der Waals surface area contributed by atoms with Crippen LogP contribution < -0.4 is 5.32 Å². The van der Waals surface area contributed by atoms with E-state index in [1.165, 1.54) is 19.5 Å². The van der Waals surface area contributed by atoms with Gasteiger partial charge in [-0.3, -0.25) is 0 Å². The number of likely N-dealkylation sites (N-methyl/N-ethyl adjacent to an activating group) is 2. The largest absolute Gasteiger partial charge is 0.318 e. The molecule has 2 atom stereocenters.